The maximum atomic E-state index is 5.80. The number of nitrogens with zero attached hydrogens (tertiary/aromatic N) is 4. The third-order valence-corrected chi connectivity index (χ3v) is 5.74. The summed E-state index contributed by atoms with van der Waals surface area (Å²) in [6, 6.07) is 12.3. The number of hydrogen-bond acceptors (Lipinski definition) is 5. The molecule has 0 aliphatic carbocycles. The standard InChI is InChI=1S/C22H30N4O/c1-2-7-20(8-3-1)27-16-6-11-25-14-9-19(10-15-25)21-17-22(24-18-23-21)26-12-4-5-13-26/h1-3,7-8,17-19H,4-6,9-16H2. The van der Waals surface area contributed by atoms with Crippen LogP contribution in [0, 0.1) is 0 Å². The van der Waals surface area contributed by atoms with Crippen LogP contribution < -0.4 is 9.64 Å². The Morgan fingerprint density at radius 1 is 0.963 bits per heavy atom. The number of rotatable bonds is 7. The van der Waals surface area contributed by atoms with Gasteiger partial charge in [0.15, 0.2) is 0 Å². The molecule has 0 radical (unpaired) electrons. The van der Waals surface area contributed by atoms with E-state index in [0.29, 0.717) is 5.92 Å². The van der Waals surface area contributed by atoms with E-state index in [4.69, 9.17) is 4.74 Å². The van der Waals surface area contributed by atoms with Gasteiger partial charge < -0.3 is 14.5 Å². The van der Waals surface area contributed by atoms with Gasteiger partial charge >= 0.3 is 0 Å². The molecular weight excluding hydrogens is 336 g/mol. The Kier molecular flexibility index (Phi) is 6.20. The van der Waals surface area contributed by atoms with E-state index in [1.54, 1.807) is 6.33 Å². The summed E-state index contributed by atoms with van der Waals surface area (Å²) >= 11 is 0. The largest absolute Gasteiger partial charge is 0.494 e. The molecule has 2 aliphatic rings. The van der Waals surface area contributed by atoms with E-state index in [0.717, 1.165) is 57.3 Å². The summed E-state index contributed by atoms with van der Waals surface area (Å²) in [5.41, 5.74) is 1.24. The lowest BCUT2D eigenvalue weighted by molar-refractivity contribution is 0.192. The number of likely N-dealkylation sites (tertiary alicyclic amines) is 1. The number of benzene rings is 1. The summed E-state index contributed by atoms with van der Waals surface area (Å²) in [6.45, 7) is 6.48. The van der Waals surface area contributed by atoms with Crippen molar-refractivity contribution in [1.82, 2.24) is 14.9 Å². The highest BCUT2D eigenvalue weighted by atomic mass is 16.5. The van der Waals surface area contributed by atoms with Crippen molar-refractivity contribution in [1.29, 1.82) is 0 Å². The summed E-state index contributed by atoms with van der Waals surface area (Å²) in [4.78, 5) is 14.0. The maximum Gasteiger partial charge on any atom is 0.132 e. The molecular formula is C22H30N4O. The topological polar surface area (TPSA) is 41.5 Å². The van der Waals surface area contributed by atoms with Crippen molar-refractivity contribution in [2.45, 2.75) is 38.0 Å². The molecule has 5 heteroatoms. The van der Waals surface area contributed by atoms with Gasteiger partial charge in [-0.05, 0) is 57.3 Å². The van der Waals surface area contributed by atoms with Crippen LogP contribution in [-0.4, -0.2) is 54.2 Å². The SMILES string of the molecule is c1ccc(OCCCN2CCC(c3cc(N4CCCC4)ncn3)CC2)cc1. The molecule has 0 saturated carbocycles. The van der Waals surface area contributed by atoms with Crippen molar-refractivity contribution >= 4 is 5.82 Å². The van der Waals surface area contributed by atoms with Crippen LogP contribution in [0.4, 0.5) is 5.82 Å². The van der Waals surface area contributed by atoms with Crippen LogP contribution in [0.2, 0.25) is 0 Å². The number of ether oxygens (including phenoxy) is 1. The monoisotopic (exact) mass is 366 g/mol. The first-order chi connectivity index (χ1) is 13.4. The van der Waals surface area contributed by atoms with E-state index in [-0.39, 0.29) is 0 Å². The quantitative estimate of drug-likeness (QED) is 0.699. The fourth-order valence-corrected chi connectivity index (χ4v) is 4.15. The Labute approximate surface area is 162 Å². The molecule has 0 unspecified atom stereocenters. The minimum Gasteiger partial charge on any atom is -0.494 e. The number of para-hydroxylation sites is 1. The van der Waals surface area contributed by atoms with Gasteiger partial charge in [0.1, 0.15) is 17.9 Å². The minimum atomic E-state index is 0.575. The van der Waals surface area contributed by atoms with Crippen LogP contribution >= 0.6 is 0 Å². The molecule has 0 spiro atoms. The molecule has 1 aromatic heterocycles. The molecule has 0 amide bonds. The summed E-state index contributed by atoms with van der Waals surface area (Å²) in [6.07, 6.45) is 7.78. The molecule has 2 aromatic rings. The normalized spacial score (nSPS) is 18.7. The second-order valence-electron chi connectivity index (χ2n) is 7.63. The second-order valence-corrected chi connectivity index (χ2v) is 7.63. The van der Waals surface area contributed by atoms with Gasteiger partial charge in [-0.3, -0.25) is 0 Å². The molecule has 1 aromatic carbocycles. The van der Waals surface area contributed by atoms with Crippen LogP contribution in [0.3, 0.4) is 0 Å². The summed E-state index contributed by atoms with van der Waals surface area (Å²) in [5, 5.41) is 0. The van der Waals surface area contributed by atoms with Crippen LogP contribution in [0.15, 0.2) is 42.7 Å². The zero-order chi connectivity index (χ0) is 18.3. The van der Waals surface area contributed by atoms with Gasteiger partial charge in [-0.15, -0.1) is 0 Å². The zero-order valence-corrected chi connectivity index (χ0v) is 16.1. The van der Waals surface area contributed by atoms with E-state index < -0.39 is 0 Å². The molecule has 2 aliphatic heterocycles. The summed E-state index contributed by atoms with van der Waals surface area (Å²) in [5.74, 6) is 2.66. The predicted molar refractivity (Wildman–Crippen MR) is 108 cm³/mol. The molecule has 0 atom stereocenters. The van der Waals surface area contributed by atoms with Crippen molar-refractivity contribution in [3.8, 4) is 5.75 Å². The Balaban J connectivity index is 1.20. The molecule has 0 N–H and O–H groups in total. The first-order valence-electron chi connectivity index (χ1n) is 10.4. The van der Waals surface area contributed by atoms with Gasteiger partial charge in [-0.25, -0.2) is 9.97 Å². The van der Waals surface area contributed by atoms with E-state index in [1.165, 1.54) is 31.4 Å². The van der Waals surface area contributed by atoms with Crippen molar-refractivity contribution in [2.75, 3.05) is 44.2 Å². The number of piperidine rings is 1. The highest BCUT2D eigenvalue weighted by molar-refractivity contribution is 5.40. The van der Waals surface area contributed by atoms with Crippen molar-refractivity contribution in [3.05, 3.63) is 48.4 Å². The van der Waals surface area contributed by atoms with Crippen LogP contribution in [-0.2, 0) is 0 Å². The molecule has 0 bridgehead atoms. The third kappa shape index (κ3) is 4.98. The number of aromatic nitrogens is 2. The zero-order valence-electron chi connectivity index (χ0n) is 16.1. The van der Waals surface area contributed by atoms with Gasteiger partial charge in [0.05, 0.1) is 6.61 Å². The van der Waals surface area contributed by atoms with Crippen LogP contribution in [0.1, 0.15) is 43.7 Å². The average Bonchev–Trinajstić information content (AvgIpc) is 3.28. The predicted octanol–water partition coefficient (Wildman–Crippen LogP) is 3.73. The van der Waals surface area contributed by atoms with E-state index >= 15 is 0 Å². The highest BCUT2D eigenvalue weighted by Gasteiger charge is 2.23. The Bertz CT molecular complexity index is 694. The van der Waals surface area contributed by atoms with Crippen LogP contribution in [0.25, 0.3) is 0 Å². The van der Waals surface area contributed by atoms with Crippen molar-refractivity contribution in [2.24, 2.45) is 0 Å². The first kappa shape index (κ1) is 18.2. The third-order valence-electron chi connectivity index (χ3n) is 5.74. The van der Waals surface area contributed by atoms with E-state index in [1.807, 2.05) is 30.3 Å². The smallest absolute Gasteiger partial charge is 0.132 e. The Hall–Kier alpha value is -2.14. The minimum absolute atomic E-state index is 0.575. The number of anilines is 1. The molecule has 27 heavy (non-hydrogen) atoms. The molecule has 4 rings (SSSR count). The van der Waals surface area contributed by atoms with Gasteiger partial charge in [0.25, 0.3) is 0 Å². The lowest BCUT2D eigenvalue weighted by Crippen LogP contribution is -2.34. The van der Waals surface area contributed by atoms with E-state index in [9.17, 15) is 0 Å². The maximum absolute atomic E-state index is 5.80. The Morgan fingerprint density at radius 2 is 1.74 bits per heavy atom. The van der Waals surface area contributed by atoms with E-state index in [2.05, 4.69) is 25.8 Å². The van der Waals surface area contributed by atoms with Crippen molar-refractivity contribution in [3.63, 3.8) is 0 Å². The average molecular weight is 367 g/mol. The van der Waals surface area contributed by atoms with Crippen molar-refractivity contribution < 1.29 is 4.74 Å². The molecule has 2 fully saturated rings. The van der Waals surface area contributed by atoms with Gasteiger partial charge in [0.2, 0.25) is 0 Å². The fourth-order valence-electron chi connectivity index (χ4n) is 4.15. The summed E-state index contributed by atoms with van der Waals surface area (Å²) in [7, 11) is 0. The molecule has 144 valence electrons. The second kappa shape index (κ2) is 9.18. The van der Waals surface area contributed by atoms with Gasteiger partial charge in [-0.1, -0.05) is 18.2 Å². The van der Waals surface area contributed by atoms with Gasteiger partial charge in [-0.2, -0.15) is 0 Å². The molecule has 2 saturated heterocycles. The molecule has 3 heterocycles. The lowest BCUT2D eigenvalue weighted by atomic mass is 9.93. The summed E-state index contributed by atoms with van der Waals surface area (Å²) < 4.78 is 5.80. The Morgan fingerprint density at radius 3 is 2.52 bits per heavy atom. The van der Waals surface area contributed by atoms with Crippen LogP contribution in [0.5, 0.6) is 5.75 Å². The molecule has 5 nitrogen and oxygen atoms in total. The highest BCUT2D eigenvalue weighted by Crippen LogP contribution is 2.29. The fraction of sp³-hybridized carbons (Fsp3) is 0.545. The number of hydrogen-bond donors (Lipinski definition) is 0. The lowest BCUT2D eigenvalue weighted by Gasteiger charge is -2.31. The first-order valence-corrected chi connectivity index (χ1v) is 10.4. The van der Waals surface area contributed by atoms with Gasteiger partial charge in [0, 0.05) is 37.3 Å².